The van der Waals surface area contributed by atoms with E-state index in [0.29, 0.717) is 12.1 Å². The van der Waals surface area contributed by atoms with Gasteiger partial charge in [0.1, 0.15) is 0 Å². The first-order valence-electron chi connectivity index (χ1n) is 9.08. The lowest BCUT2D eigenvalue weighted by molar-refractivity contribution is -0.00644. The second-order valence-corrected chi connectivity index (χ2v) is 7.46. The van der Waals surface area contributed by atoms with Gasteiger partial charge in [-0.15, -0.1) is 0 Å². The summed E-state index contributed by atoms with van der Waals surface area (Å²) in [6.07, 6.45) is 5.99. The van der Waals surface area contributed by atoms with Crippen LogP contribution in [-0.4, -0.2) is 22.8 Å². The Morgan fingerprint density at radius 3 is 2.42 bits per heavy atom. The second kappa shape index (κ2) is 5.79. The Morgan fingerprint density at radius 2 is 1.79 bits per heavy atom. The van der Waals surface area contributed by atoms with Crippen molar-refractivity contribution in [2.75, 3.05) is 4.90 Å². The van der Waals surface area contributed by atoms with Crippen molar-refractivity contribution in [3.05, 3.63) is 42.0 Å². The SMILES string of the molecule is CCCC1(O)C[C@H]2CC[C@@H](C1)N2c1ccc(C#N)c2ccccc12. The van der Waals surface area contributed by atoms with Gasteiger partial charge in [0.2, 0.25) is 0 Å². The molecule has 24 heavy (non-hydrogen) atoms. The van der Waals surface area contributed by atoms with Crippen molar-refractivity contribution in [1.82, 2.24) is 0 Å². The van der Waals surface area contributed by atoms with Crippen molar-refractivity contribution in [2.24, 2.45) is 0 Å². The van der Waals surface area contributed by atoms with E-state index in [1.807, 2.05) is 24.3 Å². The summed E-state index contributed by atoms with van der Waals surface area (Å²) in [4.78, 5) is 2.54. The topological polar surface area (TPSA) is 47.3 Å². The first-order valence-corrected chi connectivity index (χ1v) is 9.08. The Labute approximate surface area is 143 Å². The van der Waals surface area contributed by atoms with Crippen LogP contribution in [0.15, 0.2) is 36.4 Å². The highest BCUT2D eigenvalue weighted by atomic mass is 16.3. The Hall–Kier alpha value is -2.05. The summed E-state index contributed by atoms with van der Waals surface area (Å²) in [6, 6.07) is 15.4. The standard InChI is InChI=1S/C21H24N2O/c1-2-11-21(24)12-16-8-9-17(13-21)23(16)20-10-7-15(14-22)18-5-3-4-6-19(18)20/h3-7,10,16-17,24H,2,8-9,11-13H2,1H3/t16-,17+,21?. The molecular formula is C21H24N2O. The van der Waals surface area contributed by atoms with Crippen molar-refractivity contribution in [1.29, 1.82) is 5.26 Å². The molecular weight excluding hydrogens is 296 g/mol. The highest BCUT2D eigenvalue weighted by molar-refractivity contribution is 5.98. The highest BCUT2D eigenvalue weighted by Gasteiger charge is 2.47. The molecule has 0 spiro atoms. The molecule has 2 bridgehead atoms. The summed E-state index contributed by atoms with van der Waals surface area (Å²) >= 11 is 0. The maximum Gasteiger partial charge on any atom is 0.0998 e. The van der Waals surface area contributed by atoms with Gasteiger partial charge >= 0.3 is 0 Å². The van der Waals surface area contributed by atoms with Crippen molar-refractivity contribution in [2.45, 2.75) is 63.1 Å². The quantitative estimate of drug-likeness (QED) is 0.913. The third-order valence-corrected chi connectivity index (χ3v) is 5.87. The van der Waals surface area contributed by atoms with Crippen LogP contribution in [-0.2, 0) is 0 Å². The van der Waals surface area contributed by atoms with Crippen LogP contribution in [0, 0.1) is 11.3 Å². The van der Waals surface area contributed by atoms with E-state index >= 15 is 0 Å². The van der Waals surface area contributed by atoms with Crippen molar-refractivity contribution >= 4 is 16.5 Å². The second-order valence-electron chi connectivity index (χ2n) is 7.46. The fraction of sp³-hybridized carbons (Fsp3) is 0.476. The highest BCUT2D eigenvalue weighted by Crippen LogP contribution is 2.46. The minimum atomic E-state index is -0.487. The summed E-state index contributed by atoms with van der Waals surface area (Å²) in [5.41, 5.74) is 1.48. The minimum absolute atomic E-state index is 0.414. The summed E-state index contributed by atoms with van der Waals surface area (Å²) in [5.74, 6) is 0. The number of hydrogen-bond donors (Lipinski definition) is 1. The number of piperidine rings is 1. The van der Waals surface area contributed by atoms with Gasteiger partial charge in [-0.3, -0.25) is 0 Å². The molecule has 3 nitrogen and oxygen atoms in total. The van der Waals surface area contributed by atoms with Crippen LogP contribution >= 0.6 is 0 Å². The lowest BCUT2D eigenvalue weighted by Gasteiger charge is -2.45. The molecule has 3 atom stereocenters. The van der Waals surface area contributed by atoms with Gasteiger partial charge in [0.15, 0.2) is 0 Å². The van der Waals surface area contributed by atoms with Crippen LogP contribution in [0.1, 0.15) is 51.0 Å². The average Bonchev–Trinajstić information content (AvgIpc) is 2.86. The van der Waals surface area contributed by atoms with Crippen LogP contribution in [0.3, 0.4) is 0 Å². The molecule has 3 heteroatoms. The number of hydrogen-bond acceptors (Lipinski definition) is 3. The van der Waals surface area contributed by atoms with Gasteiger partial charge < -0.3 is 10.0 Å². The fourth-order valence-corrected chi connectivity index (χ4v) is 4.99. The van der Waals surface area contributed by atoms with Gasteiger partial charge in [0.05, 0.1) is 17.2 Å². The van der Waals surface area contributed by atoms with Gasteiger partial charge in [-0.1, -0.05) is 37.6 Å². The molecule has 2 heterocycles. The largest absolute Gasteiger partial charge is 0.390 e. The number of aliphatic hydroxyl groups is 1. The van der Waals surface area contributed by atoms with E-state index in [2.05, 4.69) is 30.0 Å². The van der Waals surface area contributed by atoms with Gasteiger partial charge in [-0.2, -0.15) is 5.26 Å². The first kappa shape index (κ1) is 15.5. The van der Waals surface area contributed by atoms with E-state index in [9.17, 15) is 10.4 Å². The van der Waals surface area contributed by atoms with Crippen LogP contribution in [0.2, 0.25) is 0 Å². The predicted molar refractivity (Wildman–Crippen MR) is 97.0 cm³/mol. The zero-order valence-corrected chi connectivity index (χ0v) is 14.2. The average molecular weight is 320 g/mol. The van der Waals surface area contributed by atoms with E-state index in [1.54, 1.807) is 0 Å². The lowest BCUT2D eigenvalue weighted by Crippen LogP contribution is -2.51. The summed E-state index contributed by atoms with van der Waals surface area (Å²) in [5, 5.41) is 22.5. The molecule has 0 radical (unpaired) electrons. The Morgan fingerprint density at radius 1 is 1.12 bits per heavy atom. The third kappa shape index (κ3) is 2.37. The molecule has 2 aliphatic heterocycles. The molecule has 0 aliphatic carbocycles. The zero-order valence-electron chi connectivity index (χ0n) is 14.2. The Balaban J connectivity index is 1.76. The summed E-state index contributed by atoms with van der Waals surface area (Å²) in [7, 11) is 0. The number of fused-ring (bicyclic) bond motifs is 3. The molecule has 2 aliphatic rings. The van der Waals surface area contributed by atoms with Crippen LogP contribution in [0.25, 0.3) is 10.8 Å². The number of nitrogens with zero attached hydrogens (tertiary/aromatic N) is 2. The summed E-state index contributed by atoms with van der Waals surface area (Å²) in [6.45, 7) is 2.15. The molecule has 2 saturated heterocycles. The number of anilines is 1. The minimum Gasteiger partial charge on any atom is -0.390 e. The zero-order chi connectivity index (χ0) is 16.7. The lowest BCUT2D eigenvalue weighted by atomic mass is 9.82. The molecule has 0 amide bonds. The molecule has 0 aromatic heterocycles. The van der Waals surface area contributed by atoms with Crippen molar-refractivity contribution in [3.63, 3.8) is 0 Å². The maximum atomic E-state index is 10.9. The van der Waals surface area contributed by atoms with Crippen LogP contribution in [0.5, 0.6) is 0 Å². The summed E-state index contributed by atoms with van der Waals surface area (Å²) < 4.78 is 0. The number of rotatable bonds is 3. The molecule has 2 fully saturated rings. The van der Waals surface area contributed by atoms with E-state index in [4.69, 9.17) is 0 Å². The van der Waals surface area contributed by atoms with Crippen LogP contribution < -0.4 is 4.90 Å². The van der Waals surface area contributed by atoms with Crippen LogP contribution in [0.4, 0.5) is 5.69 Å². The predicted octanol–water partition coefficient (Wildman–Crippen LogP) is 4.37. The van der Waals surface area contributed by atoms with E-state index in [1.165, 1.54) is 5.69 Å². The Kier molecular flexibility index (Phi) is 3.73. The third-order valence-electron chi connectivity index (χ3n) is 5.87. The van der Waals surface area contributed by atoms with Gasteiger partial charge in [0.25, 0.3) is 0 Å². The van der Waals surface area contributed by atoms with E-state index < -0.39 is 5.60 Å². The van der Waals surface area contributed by atoms with Gasteiger partial charge in [-0.05, 0) is 44.2 Å². The molecule has 2 aromatic carbocycles. The van der Waals surface area contributed by atoms with Gasteiger partial charge in [0, 0.05) is 28.5 Å². The monoisotopic (exact) mass is 320 g/mol. The molecule has 4 rings (SSSR count). The fourth-order valence-electron chi connectivity index (χ4n) is 4.99. The van der Waals surface area contributed by atoms with E-state index in [-0.39, 0.29) is 0 Å². The number of nitriles is 1. The normalized spacial score (nSPS) is 29.0. The van der Waals surface area contributed by atoms with E-state index in [0.717, 1.165) is 54.9 Å². The molecule has 1 N–H and O–H groups in total. The maximum absolute atomic E-state index is 10.9. The Bertz CT molecular complexity index is 793. The van der Waals surface area contributed by atoms with Crippen molar-refractivity contribution < 1.29 is 5.11 Å². The molecule has 2 aromatic rings. The molecule has 1 unspecified atom stereocenters. The number of benzene rings is 2. The first-order chi connectivity index (χ1) is 11.6. The molecule has 124 valence electrons. The molecule has 0 saturated carbocycles. The van der Waals surface area contributed by atoms with Crippen molar-refractivity contribution in [3.8, 4) is 6.07 Å². The van der Waals surface area contributed by atoms with Gasteiger partial charge in [-0.25, -0.2) is 0 Å². The smallest absolute Gasteiger partial charge is 0.0998 e.